The number of aromatic hydroxyl groups is 1. The molecule has 0 saturated heterocycles. The van der Waals surface area contributed by atoms with Crippen molar-refractivity contribution < 1.29 is 15.0 Å². The molecule has 0 heterocycles. The fourth-order valence-corrected chi connectivity index (χ4v) is 4.10. The Morgan fingerprint density at radius 1 is 1.00 bits per heavy atom. The van der Waals surface area contributed by atoms with Crippen LogP contribution in [0.4, 0.5) is 0 Å². The third-order valence-corrected chi connectivity index (χ3v) is 5.51. The van der Waals surface area contributed by atoms with E-state index in [4.69, 9.17) is 5.11 Å². The maximum atomic E-state index is 11.1. The van der Waals surface area contributed by atoms with Crippen LogP contribution in [0.5, 0.6) is 5.75 Å². The Balaban J connectivity index is 2.08. The first-order valence-electron chi connectivity index (χ1n) is 10.1. The zero-order valence-corrected chi connectivity index (χ0v) is 16.7. The van der Waals surface area contributed by atoms with Gasteiger partial charge in [0.15, 0.2) is 0 Å². The van der Waals surface area contributed by atoms with Gasteiger partial charge in [-0.05, 0) is 84.6 Å². The lowest BCUT2D eigenvalue weighted by molar-refractivity contribution is -0.131. The highest BCUT2D eigenvalue weighted by molar-refractivity contribution is 5.90. The molecule has 2 N–H and O–H groups in total. The van der Waals surface area contributed by atoms with Gasteiger partial charge in [-0.15, -0.1) is 0 Å². The lowest BCUT2D eigenvalue weighted by Gasteiger charge is -2.22. The highest BCUT2D eigenvalue weighted by Gasteiger charge is 2.17. The fraction of sp³-hybridized carbons (Fsp3) is 0.320. The Labute approximate surface area is 167 Å². The van der Waals surface area contributed by atoms with Crippen molar-refractivity contribution in [3.05, 3.63) is 76.4 Å². The van der Waals surface area contributed by atoms with Gasteiger partial charge in [-0.1, -0.05) is 49.2 Å². The first-order chi connectivity index (χ1) is 13.5. The Hall–Kier alpha value is -2.81. The number of phenols is 1. The number of aryl methyl sites for hydroxylation is 1. The summed E-state index contributed by atoms with van der Waals surface area (Å²) in [5.41, 5.74) is 7.90. The standard InChI is InChI=1S/C25H28O3/c1-3-18(16-24(27)28)19-9-11-21(12-10-19)25(20-7-5-4-6-8-20)23-14-13-22(26)15-17(23)2/h9-16,26H,3-8H2,1-2H3,(H,27,28)/b18-16+. The van der Waals surface area contributed by atoms with Crippen molar-refractivity contribution in [2.75, 3.05) is 0 Å². The molecule has 1 aliphatic carbocycles. The van der Waals surface area contributed by atoms with E-state index in [-0.39, 0.29) is 5.75 Å². The summed E-state index contributed by atoms with van der Waals surface area (Å²) in [6.45, 7) is 4.01. The molecule has 1 fully saturated rings. The molecule has 0 unspecified atom stereocenters. The van der Waals surface area contributed by atoms with E-state index in [9.17, 15) is 9.90 Å². The summed E-state index contributed by atoms with van der Waals surface area (Å²) in [5.74, 6) is -0.623. The van der Waals surface area contributed by atoms with Crippen LogP contribution in [0.15, 0.2) is 54.1 Å². The molecule has 0 radical (unpaired) electrons. The van der Waals surface area contributed by atoms with Crippen molar-refractivity contribution in [1.82, 2.24) is 0 Å². The summed E-state index contributed by atoms with van der Waals surface area (Å²) in [7, 11) is 0. The van der Waals surface area contributed by atoms with E-state index in [0.29, 0.717) is 6.42 Å². The SMILES string of the molecule is CC/C(=C\C(=O)O)c1ccc(C(=C2CCCCC2)c2ccc(O)cc2C)cc1. The molecule has 0 atom stereocenters. The van der Waals surface area contributed by atoms with Crippen LogP contribution in [0.25, 0.3) is 11.1 Å². The average Bonchev–Trinajstić information content (AvgIpc) is 2.69. The van der Waals surface area contributed by atoms with Crippen molar-refractivity contribution in [2.45, 2.75) is 52.4 Å². The average molecular weight is 376 g/mol. The normalized spacial score (nSPS) is 14.8. The number of phenolic OH excluding ortho intramolecular Hbond substituents is 1. The number of carbonyl (C=O) groups is 1. The maximum absolute atomic E-state index is 11.1. The van der Waals surface area contributed by atoms with Gasteiger partial charge >= 0.3 is 5.97 Å². The second-order valence-corrected chi connectivity index (χ2v) is 7.48. The summed E-state index contributed by atoms with van der Waals surface area (Å²) in [4.78, 5) is 11.1. The van der Waals surface area contributed by atoms with Crippen molar-refractivity contribution in [3.63, 3.8) is 0 Å². The van der Waals surface area contributed by atoms with Crippen LogP contribution in [-0.4, -0.2) is 16.2 Å². The number of rotatable bonds is 5. The third kappa shape index (κ3) is 4.53. The second-order valence-electron chi connectivity index (χ2n) is 7.48. The van der Waals surface area contributed by atoms with Crippen LogP contribution >= 0.6 is 0 Å². The van der Waals surface area contributed by atoms with Gasteiger partial charge in [0.25, 0.3) is 0 Å². The molecule has 0 spiro atoms. The summed E-state index contributed by atoms with van der Waals surface area (Å²) in [5, 5.41) is 18.9. The zero-order chi connectivity index (χ0) is 20.1. The van der Waals surface area contributed by atoms with Crippen LogP contribution in [-0.2, 0) is 4.79 Å². The van der Waals surface area contributed by atoms with Gasteiger partial charge in [-0.2, -0.15) is 0 Å². The maximum Gasteiger partial charge on any atom is 0.328 e. The summed E-state index contributed by atoms with van der Waals surface area (Å²) in [6, 6.07) is 13.8. The molecule has 146 valence electrons. The number of carboxylic acid groups (broad SMARTS) is 1. The summed E-state index contributed by atoms with van der Waals surface area (Å²) in [6.07, 6.45) is 7.90. The van der Waals surface area contributed by atoms with E-state index in [0.717, 1.165) is 35.1 Å². The summed E-state index contributed by atoms with van der Waals surface area (Å²) >= 11 is 0. The lowest BCUT2D eigenvalue weighted by atomic mass is 9.83. The van der Waals surface area contributed by atoms with Gasteiger partial charge in [0.05, 0.1) is 0 Å². The second kappa shape index (κ2) is 8.92. The van der Waals surface area contributed by atoms with Crippen molar-refractivity contribution in [3.8, 4) is 5.75 Å². The molecule has 3 heteroatoms. The molecule has 1 saturated carbocycles. The van der Waals surface area contributed by atoms with Gasteiger partial charge in [-0.3, -0.25) is 0 Å². The van der Waals surface area contributed by atoms with Crippen LogP contribution in [0.1, 0.15) is 67.7 Å². The van der Waals surface area contributed by atoms with Crippen molar-refractivity contribution in [2.24, 2.45) is 0 Å². The Morgan fingerprint density at radius 2 is 1.64 bits per heavy atom. The molecule has 0 amide bonds. The molecule has 2 aromatic rings. The first-order valence-corrected chi connectivity index (χ1v) is 10.1. The molecule has 1 aliphatic rings. The van der Waals surface area contributed by atoms with Gasteiger partial charge in [-0.25, -0.2) is 4.79 Å². The Morgan fingerprint density at radius 3 is 2.21 bits per heavy atom. The Bertz CT molecular complexity index is 909. The van der Waals surface area contributed by atoms with Gasteiger partial charge in [0, 0.05) is 6.08 Å². The van der Waals surface area contributed by atoms with Crippen LogP contribution in [0.2, 0.25) is 0 Å². The number of allylic oxidation sites excluding steroid dienone is 2. The number of hydrogen-bond donors (Lipinski definition) is 2. The quantitative estimate of drug-likeness (QED) is 0.598. The third-order valence-electron chi connectivity index (χ3n) is 5.51. The van der Waals surface area contributed by atoms with E-state index in [1.165, 1.54) is 42.0 Å². The Kier molecular flexibility index (Phi) is 6.35. The molecular formula is C25H28O3. The minimum atomic E-state index is -0.911. The van der Waals surface area contributed by atoms with Crippen molar-refractivity contribution in [1.29, 1.82) is 0 Å². The van der Waals surface area contributed by atoms with Gasteiger partial charge in [0.1, 0.15) is 5.75 Å². The van der Waals surface area contributed by atoms with E-state index >= 15 is 0 Å². The highest BCUT2D eigenvalue weighted by atomic mass is 16.4. The molecule has 28 heavy (non-hydrogen) atoms. The molecule has 3 nitrogen and oxygen atoms in total. The molecule has 0 aromatic heterocycles. The van der Waals surface area contributed by atoms with Crippen LogP contribution in [0, 0.1) is 6.92 Å². The van der Waals surface area contributed by atoms with Gasteiger partial charge < -0.3 is 10.2 Å². The predicted molar refractivity (Wildman–Crippen MR) is 114 cm³/mol. The topological polar surface area (TPSA) is 57.5 Å². The monoisotopic (exact) mass is 376 g/mol. The number of hydrogen-bond acceptors (Lipinski definition) is 2. The number of aliphatic carboxylic acids is 1. The zero-order valence-electron chi connectivity index (χ0n) is 16.7. The van der Waals surface area contributed by atoms with Crippen molar-refractivity contribution >= 4 is 17.1 Å². The fourth-order valence-electron chi connectivity index (χ4n) is 4.10. The predicted octanol–water partition coefficient (Wildman–Crippen LogP) is 6.34. The minimum absolute atomic E-state index is 0.288. The van der Waals surface area contributed by atoms with E-state index in [1.807, 2.05) is 38.1 Å². The molecule has 3 rings (SSSR count). The van der Waals surface area contributed by atoms with Crippen LogP contribution < -0.4 is 0 Å². The molecular weight excluding hydrogens is 348 g/mol. The smallest absolute Gasteiger partial charge is 0.328 e. The van der Waals surface area contributed by atoms with Crippen LogP contribution in [0.3, 0.4) is 0 Å². The minimum Gasteiger partial charge on any atom is -0.508 e. The summed E-state index contributed by atoms with van der Waals surface area (Å²) < 4.78 is 0. The lowest BCUT2D eigenvalue weighted by Crippen LogP contribution is -2.02. The largest absolute Gasteiger partial charge is 0.508 e. The molecule has 2 aromatic carbocycles. The molecule has 0 bridgehead atoms. The number of carboxylic acids is 1. The highest BCUT2D eigenvalue weighted by Crippen LogP contribution is 2.37. The van der Waals surface area contributed by atoms with Gasteiger partial charge in [0.2, 0.25) is 0 Å². The number of benzene rings is 2. The first kappa shape index (κ1) is 19.9. The van der Waals surface area contributed by atoms with E-state index in [1.54, 1.807) is 6.07 Å². The van der Waals surface area contributed by atoms with E-state index < -0.39 is 5.97 Å². The molecule has 0 aliphatic heterocycles. The van der Waals surface area contributed by atoms with E-state index in [2.05, 4.69) is 12.1 Å².